The number of rotatable bonds is 0. The van der Waals surface area contributed by atoms with Crippen LogP contribution in [-0.4, -0.2) is 25.8 Å². The normalized spacial score (nSPS) is 16.0. The third kappa shape index (κ3) is 1.35. The summed E-state index contributed by atoms with van der Waals surface area (Å²) in [4.78, 5) is 4.72. The molecule has 0 amide bonds. The molecular formula is C4H4Ge2. The van der Waals surface area contributed by atoms with Gasteiger partial charge in [0.2, 0.25) is 0 Å². The third-order valence-electron chi connectivity index (χ3n) is 0.554. The maximum atomic E-state index is 2.36. The van der Waals surface area contributed by atoms with Crippen LogP contribution in [0, 0.1) is 0 Å². The van der Waals surface area contributed by atoms with Crippen molar-refractivity contribution >= 4 is 25.8 Å². The molecule has 0 aromatic carbocycles. The first kappa shape index (κ1) is 4.72. The molecule has 6 heavy (non-hydrogen) atoms. The van der Waals surface area contributed by atoms with E-state index in [1.807, 2.05) is 0 Å². The predicted molar refractivity (Wildman–Crippen MR) is 29.8 cm³/mol. The molecule has 1 rings (SSSR count). The second-order valence-electron chi connectivity index (χ2n) is 1.01. The van der Waals surface area contributed by atoms with E-state index in [9.17, 15) is 0 Å². The van der Waals surface area contributed by atoms with Gasteiger partial charge in [-0.1, -0.05) is 0 Å². The number of allylic oxidation sites excluding steroid dienone is 2. The van der Waals surface area contributed by atoms with Crippen LogP contribution in [0.1, 0.15) is 0 Å². The van der Waals surface area contributed by atoms with Crippen molar-refractivity contribution in [2.75, 3.05) is 0 Å². The van der Waals surface area contributed by atoms with Crippen LogP contribution < -0.4 is 0 Å². The van der Waals surface area contributed by atoms with Gasteiger partial charge in [0.15, 0.2) is 0 Å². The van der Waals surface area contributed by atoms with Crippen LogP contribution in [0.4, 0.5) is 0 Å². The van der Waals surface area contributed by atoms with E-state index >= 15 is 0 Å². The zero-order valence-corrected chi connectivity index (χ0v) is 7.51. The molecule has 2 radical (unpaired) electrons. The minimum absolute atomic E-state index is 0.465. The topological polar surface area (TPSA) is 0 Å². The van der Waals surface area contributed by atoms with Gasteiger partial charge in [0.25, 0.3) is 0 Å². The first-order chi connectivity index (χ1) is 3.00. The molecule has 0 N–H and O–H groups in total. The molecule has 2 heteroatoms. The van der Waals surface area contributed by atoms with Gasteiger partial charge in [-0.25, -0.2) is 0 Å². The molecule has 1 heterocycles. The van der Waals surface area contributed by atoms with Gasteiger partial charge in [0.1, 0.15) is 0 Å². The molecule has 0 aromatic rings. The monoisotopic (exact) mass is 200 g/mol. The van der Waals surface area contributed by atoms with Crippen molar-refractivity contribution in [3.8, 4) is 0 Å². The van der Waals surface area contributed by atoms with Crippen molar-refractivity contribution in [2.45, 2.75) is 0 Å². The van der Waals surface area contributed by atoms with Crippen LogP contribution in [0.3, 0.4) is 0 Å². The Bertz CT molecular complexity index is 74.9. The zero-order valence-electron chi connectivity index (χ0n) is 3.31. The van der Waals surface area contributed by atoms with Crippen LogP contribution in [0.25, 0.3) is 0 Å². The molecule has 0 saturated heterocycles. The van der Waals surface area contributed by atoms with Crippen LogP contribution in [0.2, 0.25) is 0 Å². The van der Waals surface area contributed by atoms with Gasteiger partial charge in [-0.05, 0) is 0 Å². The molecular weight excluding hydrogens is 193 g/mol. The molecule has 0 aliphatic carbocycles. The standard InChI is InChI=1S/C4H4Ge2/c1-2-4-6-5-3-1/h1-4H. The number of hydrogen-bond acceptors (Lipinski definition) is 0. The summed E-state index contributed by atoms with van der Waals surface area (Å²) in [5.41, 5.74) is 0. The Morgan fingerprint density at radius 3 is 1.50 bits per heavy atom. The molecule has 0 aromatic heterocycles. The van der Waals surface area contributed by atoms with Gasteiger partial charge in [-0.15, -0.1) is 0 Å². The Morgan fingerprint density at radius 1 is 0.833 bits per heavy atom. The molecule has 0 saturated carbocycles. The Hall–Kier alpha value is 0.566. The second kappa shape index (κ2) is 2.69. The van der Waals surface area contributed by atoms with Gasteiger partial charge in [-0.2, -0.15) is 0 Å². The third-order valence-corrected chi connectivity index (χ3v) is 7.86. The van der Waals surface area contributed by atoms with Crippen molar-refractivity contribution in [3.05, 3.63) is 22.0 Å². The quantitative estimate of drug-likeness (QED) is 0.492. The van der Waals surface area contributed by atoms with Crippen LogP contribution in [-0.2, 0) is 0 Å². The summed E-state index contributed by atoms with van der Waals surface area (Å²) < 4.78 is 0. The molecule has 0 bridgehead atoms. The Morgan fingerprint density at radius 2 is 1.33 bits per heavy atom. The Labute approximate surface area is 48.0 Å². The molecule has 1 aliphatic rings. The Kier molecular flexibility index (Phi) is 2.12. The fourth-order valence-electron chi connectivity index (χ4n) is 0.304. The molecule has 0 fully saturated rings. The average Bonchev–Trinajstić information content (AvgIpc) is 1.72. The van der Waals surface area contributed by atoms with E-state index in [1.165, 1.54) is 0 Å². The van der Waals surface area contributed by atoms with E-state index in [-0.39, 0.29) is 0 Å². The first-order valence-corrected chi connectivity index (χ1v) is 10.8. The summed E-state index contributed by atoms with van der Waals surface area (Å²) in [7, 11) is 0. The van der Waals surface area contributed by atoms with Crippen molar-refractivity contribution < 1.29 is 0 Å². The molecule has 0 unspecified atom stereocenters. The van der Waals surface area contributed by atoms with Crippen molar-refractivity contribution in [3.63, 3.8) is 0 Å². The summed E-state index contributed by atoms with van der Waals surface area (Å²) in [6.45, 7) is 0. The van der Waals surface area contributed by atoms with E-state index in [4.69, 9.17) is 0 Å². The fourth-order valence-corrected chi connectivity index (χ4v) is 5.77. The predicted octanol–water partition coefficient (Wildman–Crippen LogP) is 0.351. The minimum atomic E-state index is 0.465. The Balaban J connectivity index is 2.77. The summed E-state index contributed by atoms with van der Waals surface area (Å²) in [5.74, 6) is 0. The van der Waals surface area contributed by atoms with Crippen LogP contribution in [0.5, 0.6) is 0 Å². The van der Waals surface area contributed by atoms with E-state index in [0.29, 0.717) is 25.8 Å². The summed E-state index contributed by atoms with van der Waals surface area (Å²) in [6.07, 6.45) is 4.35. The average molecular weight is 197 g/mol. The SMILES string of the molecule is C1=[CH][Ge]=[Ge][CH]=C1. The van der Waals surface area contributed by atoms with Gasteiger partial charge in [-0.3, -0.25) is 0 Å². The van der Waals surface area contributed by atoms with E-state index in [1.54, 1.807) is 0 Å². The summed E-state index contributed by atoms with van der Waals surface area (Å²) in [6, 6.07) is 0. The van der Waals surface area contributed by atoms with E-state index < -0.39 is 0 Å². The molecule has 0 spiro atoms. The molecule has 28 valence electrons. The fraction of sp³-hybridized carbons (Fsp3) is 0. The molecule has 1 aliphatic heterocycles. The summed E-state index contributed by atoms with van der Waals surface area (Å²) >= 11 is 0.931. The van der Waals surface area contributed by atoms with E-state index in [2.05, 4.69) is 22.0 Å². The van der Waals surface area contributed by atoms with Crippen LogP contribution in [0.15, 0.2) is 22.0 Å². The van der Waals surface area contributed by atoms with E-state index in [0.717, 1.165) is 0 Å². The molecule has 0 nitrogen and oxygen atoms in total. The summed E-state index contributed by atoms with van der Waals surface area (Å²) in [5, 5.41) is 0. The van der Waals surface area contributed by atoms with Gasteiger partial charge in [0, 0.05) is 0 Å². The van der Waals surface area contributed by atoms with Crippen molar-refractivity contribution in [1.82, 2.24) is 0 Å². The van der Waals surface area contributed by atoms with Crippen molar-refractivity contribution in [1.29, 1.82) is 0 Å². The van der Waals surface area contributed by atoms with Gasteiger partial charge >= 0.3 is 47.8 Å². The first-order valence-electron chi connectivity index (χ1n) is 1.83. The van der Waals surface area contributed by atoms with Gasteiger partial charge in [0.05, 0.1) is 0 Å². The van der Waals surface area contributed by atoms with Gasteiger partial charge < -0.3 is 0 Å². The zero-order chi connectivity index (χ0) is 4.24. The van der Waals surface area contributed by atoms with Crippen LogP contribution >= 0.6 is 0 Å². The maximum absolute atomic E-state index is 2.36. The second-order valence-corrected chi connectivity index (χ2v) is 9.91. The molecule has 0 atom stereocenters. The number of hydrogen-bond donors (Lipinski definition) is 0. The van der Waals surface area contributed by atoms with Crippen molar-refractivity contribution in [2.24, 2.45) is 0 Å².